The minimum absolute atomic E-state index is 0.153. The Balaban J connectivity index is 2.22. The van der Waals surface area contributed by atoms with Gasteiger partial charge in [-0.2, -0.15) is 11.8 Å². The number of carbonyl (C=O) groups is 1. The zero-order chi connectivity index (χ0) is 16.1. The number of nitrogens with zero attached hydrogens (tertiary/aromatic N) is 2. The van der Waals surface area contributed by atoms with Crippen LogP contribution in [0.4, 0.5) is 5.82 Å². The molecule has 0 aliphatic carbocycles. The summed E-state index contributed by atoms with van der Waals surface area (Å²) in [4.78, 5) is 12.3. The van der Waals surface area contributed by atoms with E-state index in [1.807, 2.05) is 6.26 Å². The Morgan fingerprint density at radius 3 is 2.82 bits per heavy atom. The first kappa shape index (κ1) is 16.9. The van der Waals surface area contributed by atoms with Crippen LogP contribution < -0.4 is 10.1 Å². The second-order valence-electron chi connectivity index (χ2n) is 4.23. The van der Waals surface area contributed by atoms with Gasteiger partial charge in [-0.1, -0.05) is 28.4 Å². The standard InChI is InChI=1S/C13H13Cl2N3O3S/c1-7-12(18-21-17-7)16-13(19)8-3-4-9(14)11(10(8)15)20-5-6-22-2/h3-4H,5-6H2,1-2H3,(H,16,18,19). The molecule has 0 saturated carbocycles. The van der Waals surface area contributed by atoms with E-state index >= 15 is 0 Å². The van der Waals surface area contributed by atoms with E-state index in [0.717, 1.165) is 5.75 Å². The van der Waals surface area contributed by atoms with Crippen molar-refractivity contribution in [2.75, 3.05) is 23.9 Å². The Labute approximate surface area is 141 Å². The van der Waals surface area contributed by atoms with Crippen molar-refractivity contribution >= 4 is 46.7 Å². The lowest BCUT2D eigenvalue weighted by atomic mass is 10.2. The summed E-state index contributed by atoms with van der Waals surface area (Å²) in [6, 6.07) is 3.08. The number of ether oxygens (including phenoxy) is 1. The molecule has 0 radical (unpaired) electrons. The van der Waals surface area contributed by atoms with Gasteiger partial charge in [0, 0.05) is 5.75 Å². The van der Waals surface area contributed by atoms with Gasteiger partial charge in [-0.3, -0.25) is 4.79 Å². The highest BCUT2D eigenvalue weighted by molar-refractivity contribution is 7.98. The number of aryl methyl sites for hydroxylation is 1. The molecule has 1 N–H and O–H groups in total. The maximum atomic E-state index is 12.3. The fourth-order valence-electron chi connectivity index (χ4n) is 1.59. The second-order valence-corrected chi connectivity index (χ2v) is 6.00. The van der Waals surface area contributed by atoms with E-state index in [2.05, 4.69) is 20.3 Å². The summed E-state index contributed by atoms with van der Waals surface area (Å²) >= 11 is 13.9. The summed E-state index contributed by atoms with van der Waals surface area (Å²) < 4.78 is 10.1. The Bertz CT molecular complexity index is 679. The third-order valence-corrected chi connectivity index (χ3v) is 3.96. The average molecular weight is 362 g/mol. The minimum Gasteiger partial charge on any atom is -0.490 e. The monoisotopic (exact) mass is 361 g/mol. The molecular formula is C13H13Cl2N3O3S. The lowest BCUT2D eigenvalue weighted by molar-refractivity contribution is 0.102. The van der Waals surface area contributed by atoms with Gasteiger partial charge in [0.05, 0.1) is 22.2 Å². The van der Waals surface area contributed by atoms with Gasteiger partial charge in [0.15, 0.2) is 5.75 Å². The van der Waals surface area contributed by atoms with Gasteiger partial charge in [-0.05, 0) is 30.5 Å². The molecule has 0 unspecified atom stereocenters. The first-order chi connectivity index (χ1) is 10.5. The molecule has 1 aromatic carbocycles. The average Bonchev–Trinajstić information content (AvgIpc) is 2.88. The number of thioether (sulfide) groups is 1. The van der Waals surface area contributed by atoms with Crippen LogP contribution in [0.5, 0.6) is 5.75 Å². The van der Waals surface area contributed by atoms with Crippen molar-refractivity contribution < 1.29 is 14.2 Å². The zero-order valence-corrected chi connectivity index (χ0v) is 14.2. The molecule has 0 bridgehead atoms. The fourth-order valence-corrected chi connectivity index (χ4v) is 2.40. The van der Waals surface area contributed by atoms with Gasteiger partial charge in [0.1, 0.15) is 5.69 Å². The van der Waals surface area contributed by atoms with E-state index in [9.17, 15) is 4.79 Å². The molecule has 1 aromatic heterocycles. The van der Waals surface area contributed by atoms with E-state index in [4.69, 9.17) is 27.9 Å². The lowest BCUT2D eigenvalue weighted by Gasteiger charge is -2.12. The molecular weight excluding hydrogens is 349 g/mol. The van der Waals surface area contributed by atoms with Gasteiger partial charge >= 0.3 is 0 Å². The van der Waals surface area contributed by atoms with Crippen molar-refractivity contribution in [3.05, 3.63) is 33.4 Å². The van der Waals surface area contributed by atoms with Crippen molar-refractivity contribution in [2.45, 2.75) is 6.92 Å². The molecule has 9 heteroatoms. The molecule has 0 atom stereocenters. The van der Waals surface area contributed by atoms with Crippen molar-refractivity contribution in [3.8, 4) is 5.75 Å². The fraction of sp³-hybridized carbons (Fsp3) is 0.308. The van der Waals surface area contributed by atoms with Gasteiger partial charge in [-0.15, -0.1) is 0 Å². The van der Waals surface area contributed by atoms with Crippen LogP contribution in [0.2, 0.25) is 10.0 Å². The summed E-state index contributed by atoms with van der Waals surface area (Å²) in [6.07, 6.45) is 1.96. The Morgan fingerprint density at radius 2 is 2.18 bits per heavy atom. The van der Waals surface area contributed by atoms with Crippen molar-refractivity contribution in [3.63, 3.8) is 0 Å². The van der Waals surface area contributed by atoms with Crippen molar-refractivity contribution in [1.82, 2.24) is 10.3 Å². The summed E-state index contributed by atoms with van der Waals surface area (Å²) in [5.74, 6) is 0.864. The first-order valence-corrected chi connectivity index (χ1v) is 8.39. The highest BCUT2D eigenvalue weighted by Gasteiger charge is 2.19. The molecule has 118 valence electrons. The minimum atomic E-state index is -0.449. The number of halogens is 2. The molecule has 0 spiro atoms. The van der Waals surface area contributed by atoms with Crippen LogP contribution in [0.1, 0.15) is 16.1 Å². The molecule has 1 heterocycles. The Kier molecular flexibility index (Phi) is 5.93. The third kappa shape index (κ3) is 3.85. The highest BCUT2D eigenvalue weighted by Crippen LogP contribution is 2.36. The number of amides is 1. The predicted octanol–water partition coefficient (Wildman–Crippen LogP) is 3.68. The van der Waals surface area contributed by atoms with Gasteiger partial charge in [-0.25, -0.2) is 4.63 Å². The number of hydrogen-bond acceptors (Lipinski definition) is 6. The zero-order valence-electron chi connectivity index (χ0n) is 11.9. The number of hydrogen-bond donors (Lipinski definition) is 1. The number of nitrogens with one attached hydrogen (secondary N) is 1. The normalized spacial score (nSPS) is 10.5. The van der Waals surface area contributed by atoms with Crippen LogP contribution in [0.15, 0.2) is 16.8 Å². The highest BCUT2D eigenvalue weighted by atomic mass is 35.5. The molecule has 0 saturated heterocycles. The summed E-state index contributed by atoms with van der Waals surface area (Å²) in [7, 11) is 0. The van der Waals surface area contributed by atoms with Gasteiger partial charge < -0.3 is 10.1 Å². The summed E-state index contributed by atoms with van der Waals surface area (Å²) in [6.45, 7) is 2.10. The van der Waals surface area contributed by atoms with E-state index in [1.54, 1.807) is 24.8 Å². The summed E-state index contributed by atoms with van der Waals surface area (Å²) in [5.41, 5.74) is 0.697. The largest absolute Gasteiger partial charge is 0.490 e. The Morgan fingerprint density at radius 1 is 1.41 bits per heavy atom. The number of anilines is 1. The molecule has 0 fully saturated rings. The van der Waals surface area contributed by atoms with Crippen molar-refractivity contribution in [1.29, 1.82) is 0 Å². The molecule has 1 amide bonds. The van der Waals surface area contributed by atoms with E-state index in [1.165, 1.54) is 6.07 Å². The van der Waals surface area contributed by atoms with Crippen LogP contribution in [0, 0.1) is 6.92 Å². The van der Waals surface area contributed by atoms with Crippen LogP contribution in [0.3, 0.4) is 0 Å². The van der Waals surface area contributed by atoms with E-state index < -0.39 is 5.91 Å². The third-order valence-electron chi connectivity index (χ3n) is 2.71. The number of aromatic nitrogens is 2. The lowest BCUT2D eigenvalue weighted by Crippen LogP contribution is -2.14. The second kappa shape index (κ2) is 7.71. The maximum Gasteiger partial charge on any atom is 0.258 e. The predicted molar refractivity (Wildman–Crippen MR) is 87.3 cm³/mol. The molecule has 0 aliphatic heterocycles. The smallest absolute Gasteiger partial charge is 0.258 e. The maximum absolute atomic E-state index is 12.3. The number of rotatable bonds is 6. The van der Waals surface area contributed by atoms with E-state index in [-0.39, 0.29) is 16.4 Å². The Hall–Kier alpha value is -1.44. The van der Waals surface area contributed by atoms with Crippen LogP contribution in [0.25, 0.3) is 0 Å². The molecule has 0 aliphatic rings. The van der Waals surface area contributed by atoms with Crippen molar-refractivity contribution in [2.24, 2.45) is 0 Å². The van der Waals surface area contributed by atoms with Crippen LogP contribution >= 0.6 is 35.0 Å². The quantitative estimate of drug-likeness (QED) is 0.790. The van der Waals surface area contributed by atoms with E-state index in [0.29, 0.717) is 23.1 Å². The van der Waals surface area contributed by atoms with Crippen LogP contribution in [-0.4, -0.2) is 34.8 Å². The molecule has 2 aromatic rings. The van der Waals surface area contributed by atoms with Crippen LogP contribution in [-0.2, 0) is 0 Å². The molecule has 2 rings (SSSR count). The first-order valence-electron chi connectivity index (χ1n) is 6.24. The summed E-state index contributed by atoms with van der Waals surface area (Å²) in [5, 5.41) is 10.2. The topological polar surface area (TPSA) is 77.2 Å². The molecule has 22 heavy (non-hydrogen) atoms. The molecule has 6 nitrogen and oxygen atoms in total. The van der Waals surface area contributed by atoms with Gasteiger partial charge in [0.2, 0.25) is 5.82 Å². The number of benzene rings is 1. The van der Waals surface area contributed by atoms with Gasteiger partial charge in [0.25, 0.3) is 5.91 Å². The SMILES string of the molecule is CSCCOc1c(Cl)ccc(C(=O)Nc2nonc2C)c1Cl. The number of carbonyl (C=O) groups excluding carboxylic acids is 1.